The molecule has 2 atom stereocenters. The first kappa shape index (κ1) is 13.5. The molecule has 2 rings (SSSR count). The van der Waals surface area contributed by atoms with Gasteiger partial charge in [-0.15, -0.1) is 0 Å². The van der Waals surface area contributed by atoms with Crippen LogP contribution < -0.4 is 5.73 Å². The molecule has 1 saturated carbocycles. The summed E-state index contributed by atoms with van der Waals surface area (Å²) >= 11 is 0. The zero-order chi connectivity index (χ0) is 13.0. The van der Waals surface area contributed by atoms with Crippen molar-refractivity contribution in [2.75, 3.05) is 6.54 Å². The molecule has 0 saturated heterocycles. The van der Waals surface area contributed by atoms with E-state index in [1.807, 2.05) is 0 Å². The van der Waals surface area contributed by atoms with Crippen molar-refractivity contribution in [2.45, 2.75) is 58.2 Å². The molecule has 0 radical (unpaired) electrons. The Kier molecular flexibility index (Phi) is 4.72. The lowest BCUT2D eigenvalue weighted by molar-refractivity contribution is 0.145. The van der Waals surface area contributed by atoms with Crippen LogP contribution in [-0.4, -0.2) is 28.5 Å². The van der Waals surface area contributed by atoms with Crippen LogP contribution in [0.4, 0.5) is 0 Å². The van der Waals surface area contributed by atoms with Gasteiger partial charge < -0.3 is 5.73 Å². The number of hydrogen-bond donors (Lipinski definition) is 1. The third kappa shape index (κ3) is 3.53. The Balaban J connectivity index is 2.00. The molecule has 1 heterocycles. The van der Waals surface area contributed by atoms with Gasteiger partial charge in [-0.3, -0.25) is 9.88 Å². The summed E-state index contributed by atoms with van der Waals surface area (Å²) in [4.78, 5) is 7.13. The van der Waals surface area contributed by atoms with Gasteiger partial charge in [0.1, 0.15) is 0 Å². The molecule has 2 N–H and O–H groups in total. The molecule has 1 fully saturated rings. The maximum absolute atomic E-state index is 6.09. The Morgan fingerprint density at radius 3 is 2.89 bits per heavy atom. The summed E-state index contributed by atoms with van der Waals surface area (Å²) in [5.41, 5.74) is 8.37. The maximum Gasteiger partial charge on any atom is 0.0547 e. The monoisotopic (exact) mass is 247 g/mol. The topological polar surface area (TPSA) is 42.2 Å². The summed E-state index contributed by atoms with van der Waals surface area (Å²) in [6.45, 7) is 6.31. The fraction of sp³-hybridized carbons (Fsp3) is 0.667. The third-order valence-electron chi connectivity index (χ3n) is 3.92. The Morgan fingerprint density at radius 1 is 1.39 bits per heavy atom. The Hall–Kier alpha value is -0.930. The maximum atomic E-state index is 6.09. The van der Waals surface area contributed by atoms with Gasteiger partial charge in [-0.1, -0.05) is 19.4 Å². The first-order chi connectivity index (χ1) is 8.69. The molecule has 18 heavy (non-hydrogen) atoms. The molecule has 1 aliphatic carbocycles. The van der Waals surface area contributed by atoms with E-state index >= 15 is 0 Å². The molecular weight excluding hydrogens is 222 g/mol. The van der Waals surface area contributed by atoms with Crippen LogP contribution in [0.15, 0.2) is 18.2 Å². The zero-order valence-electron chi connectivity index (χ0n) is 11.6. The van der Waals surface area contributed by atoms with Crippen LogP contribution in [0, 0.1) is 6.92 Å². The lowest BCUT2D eigenvalue weighted by Crippen LogP contribution is -2.42. The van der Waals surface area contributed by atoms with Crippen molar-refractivity contribution < 1.29 is 0 Å². The molecule has 0 spiro atoms. The van der Waals surface area contributed by atoms with Gasteiger partial charge in [0.2, 0.25) is 0 Å². The van der Waals surface area contributed by atoms with E-state index < -0.39 is 0 Å². The highest BCUT2D eigenvalue weighted by Gasteiger charge is 2.24. The molecule has 1 aromatic rings. The average Bonchev–Trinajstić information content (AvgIpc) is 2.36. The summed E-state index contributed by atoms with van der Waals surface area (Å²) in [5, 5.41) is 0. The largest absolute Gasteiger partial charge is 0.328 e. The highest BCUT2D eigenvalue weighted by atomic mass is 15.2. The second-order valence-corrected chi connectivity index (χ2v) is 5.41. The van der Waals surface area contributed by atoms with Crippen LogP contribution in [0.3, 0.4) is 0 Å². The normalized spacial score (nSPS) is 24.4. The van der Waals surface area contributed by atoms with Crippen LogP contribution in [0.1, 0.15) is 44.0 Å². The highest BCUT2D eigenvalue weighted by Crippen LogP contribution is 2.23. The van der Waals surface area contributed by atoms with Crippen LogP contribution in [0.5, 0.6) is 0 Å². The lowest BCUT2D eigenvalue weighted by Gasteiger charge is -2.35. The number of aromatic nitrogens is 1. The van der Waals surface area contributed by atoms with Crippen LogP contribution >= 0.6 is 0 Å². The molecule has 0 bridgehead atoms. The standard InChI is InChI=1S/C15H25N3/c1-3-18(15-9-5-7-13(16)10-15)11-14-8-4-6-12(2)17-14/h4,6,8,13,15H,3,5,7,9-11,16H2,1-2H3. The van der Waals surface area contributed by atoms with Gasteiger partial charge in [-0.05, 0) is 44.9 Å². The van der Waals surface area contributed by atoms with E-state index in [1.54, 1.807) is 0 Å². The first-order valence-corrected chi connectivity index (χ1v) is 7.11. The smallest absolute Gasteiger partial charge is 0.0547 e. The van der Waals surface area contributed by atoms with Gasteiger partial charge in [0, 0.05) is 24.3 Å². The van der Waals surface area contributed by atoms with E-state index in [0.717, 1.165) is 25.2 Å². The van der Waals surface area contributed by atoms with Crippen LogP contribution in [0.2, 0.25) is 0 Å². The van der Waals surface area contributed by atoms with E-state index in [2.05, 4.69) is 41.9 Å². The number of pyridine rings is 1. The van der Waals surface area contributed by atoms with Gasteiger partial charge in [0.05, 0.1) is 5.69 Å². The minimum atomic E-state index is 0.392. The summed E-state index contributed by atoms with van der Waals surface area (Å²) < 4.78 is 0. The zero-order valence-corrected chi connectivity index (χ0v) is 11.6. The van der Waals surface area contributed by atoms with Crippen molar-refractivity contribution in [3.63, 3.8) is 0 Å². The molecule has 3 heteroatoms. The van der Waals surface area contributed by atoms with Crippen LogP contribution in [-0.2, 0) is 6.54 Å². The van der Waals surface area contributed by atoms with E-state index in [9.17, 15) is 0 Å². The van der Waals surface area contributed by atoms with Crippen molar-refractivity contribution in [1.82, 2.24) is 9.88 Å². The number of nitrogens with two attached hydrogens (primary N) is 1. The third-order valence-corrected chi connectivity index (χ3v) is 3.92. The second kappa shape index (κ2) is 6.30. The molecule has 2 unspecified atom stereocenters. The summed E-state index contributed by atoms with van der Waals surface area (Å²) in [6.07, 6.45) is 4.88. The molecule has 1 aliphatic rings. The minimum Gasteiger partial charge on any atom is -0.328 e. The van der Waals surface area contributed by atoms with Gasteiger partial charge in [-0.2, -0.15) is 0 Å². The fourth-order valence-corrected chi connectivity index (χ4v) is 2.93. The SMILES string of the molecule is CCN(Cc1cccc(C)n1)C1CCCC(N)C1. The molecule has 100 valence electrons. The molecule has 0 aromatic carbocycles. The average molecular weight is 247 g/mol. The number of aryl methyl sites for hydroxylation is 1. The molecule has 0 aliphatic heterocycles. The lowest BCUT2D eigenvalue weighted by atomic mass is 9.90. The molecule has 0 amide bonds. The van der Waals surface area contributed by atoms with Crippen molar-refractivity contribution in [2.24, 2.45) is 5.73 Å². The van der Waals surface area contributed by atoms with Crippen molar-refractivity contribution >= 4 is 0 Å². The summed E-state index contributed by atoms with van der Waals surface area (Å²) in [6, 6.07) is 7.30. The molecular formula is C15H25N3. The number of hydrogen-bond acceptors (Lipinski definition) is 3. The first-order valence-electron chi connectivity index (χ1n) is 7.11. The summed E-state index contributed by atoms with van der Waals surface area (Å²) in [5.74, 6) is 0. The predicted molar refractivity (Wildman–Crippen MR) is 75.3 cm³/mol. The number of nitrogens with zero attached hydrogens (tertiary/aromatic N) is 2. The van der Waals surface area contributed by atoms with Crippen molar-refractivity contribution in [3.05, 3.63) is 29.6 Å². The highest BCUT2D eigenvalue weighted by molar-refractivity contribution is 5.10. The summed E-state index contributed by atoms with van der Waals surface area (Å²) in [7, 11) is 0. The second-order valence-electron chi connectivity index (χ2n) is 5.41. The van der Waals surface area contributed by atoms with Crippen molar-refractivity contribution in [3.8, 4) is 0 Å². The van der Waals surface area contributed by atoms with Gasteiger partial charge in [0.15, 0.2) is 0 Å². The fourth-order valence-electron chi connectivity index (χ4n) is 2.93. The Morgan fingerprint density at radius 2 is 2.22 bits per heavy atom. The van der Waals surface area contributed by atoms with E-state index in [1.165, 1.54) is 25.0 Å². The van der Waals surface area contributed by atoms with Gasteiger partial charge >= 0.3 is 0 Å². The number of rotatable bonds is 4. The van der Waals surface area contributed by atoms with E-state index in [4.69, 9.17) is 5.73 Å². The van der Waals surface area contributed by atoms with Crippen molar-refractivity contribution in [1.29, 1.82) is 0 Å². The molecule has 3 nitrogen and oxygen atoms in total. The Bertz CT molecular complexity index is 378. The minimum absolute atomic E-state index is 0.392. The van der Waals surface area contributed by atoms with Crippen LogP contribution in [0.25, 0.3) is 0 Å². The Labute approximate surface area is 110 Å². The van der Waals surface area contributed by atoms with E-state index in [-0.39, 0.29) is 0 Å². The predicted octanol–water partition coefficient (Wildman–Crippen LogP) is 2.48. The quantitative estimate of drug-likeness (QED) is 0.889. The van der Waals surface area contributed by atoms with Gasteiger partial charge in [-0.25, -0.2) is 0 Å². The van der Waals surface area contributed by atoms with E-state index in [0.29, 0.717) is 12.1 Å². The van der Waals surface area contributed by atoms with Gasteiger partial charge in [0.25, 0.3) is 0 Å². The molecule has 1 aromatic heterocycles.